The number of ether oxygens (including phenoxy) is 4. The highest BCUT2D eigenvalue weighted by Gasteiger charge is 2.43. The van der Waals surface area contributed by atoms with Gasteiger partial charge in [0.25, 0.3) is 0 Å². The summed E-state index contributed by atoms with van der Waals surface area (Å²) in [4.78, 5) is 59.4. The number of esters is 4. The normalized spacial score (nSPS) is 13.9. The lowest BCUT2D eigenvalue weighted by Gasteiger charge is -2.26. The first-order valence-corrected chi connectivity index (χ1v) is 8.87. The van der Waals surface area contributed by atoms with E-state index in [1.807, 2.05) is 0 Å². The Kier molecular flexibility index (Phi) is 8.51. The summed E-state index contributed by atoms with van der Waals surface area (Å²) >= 11 is 0. The third-order valence-electron chi connectivity index (χ3n) is 3.29. The van der Waals surface area contributed by atoms with E-state index in [-0.39, 0.29) is 5.56 Å². The summed E-state index contributed by atoms with van der Waals surface area (Å²) in [5.74, 6) is -6.13. The van der Waals surface area contributed by atoms with Crippen LogP contribution >= 0.6 is 0 Å². The minimum atomic E-state index is -2.17. The molecule has 1 rings (SSSR count). The Morgan fingerprint density at radius 3 is 1.73 bits per heavy atom. The molecule has 0 saturated heterocycles. The topological polar surface area (TPSA) is 142 Å². The fourth-order valence-electron chi connectivity index (χ4n) is 2.25. The largest absolute Gasteiger partial charge is 0.478 e. The number of hydrogen-bond acceptors (Lipinski definition) is 9. The summed E-state index contributed by atoms with van der Waals surface area (Å²) in [6, 6.07) is 7.82. The van der Waals surface area contributed by atoms with Crippen molar-refractivity contribution < 1.29 is 48.0 Å². The average Bonchev–Trinajstić information content (AvgIpc) is 2.60. The van der Waals surface area contributed by atoms with E-state index in [1.54, 1.807) is 39.0 Å². The summed E-state index contributed by atoms with van der Waals surface area (Å²) in [6.07, 6.45) is -5.89. The van der Waals surface area contributed by atoms with Gasteiger partial charge in [0.05, 0.1) is 0 Å². The fourth-order valence-corrected chi connectivity index (χ4v) is 2.25. The molecule has 0 radical (unpaired) electrons. The second kappa shape index (κ2) is 10.4. The molecule has 0 saturated carbocycles. The number of aliphatic carboxylic acids is 1. The molecule has 10 heteroatoms. The molecule has 0 bridgehead atoms. The maximum Gasteiger partial charge on any atom is 0.353 e. The van der Waals surface area contributed by atoms with Crippen molar-refractivity contribution >= 4 is 29.8 Å². The molecule has 30 heavy (non-hydrogen) atoms. The maximum atomic E-state index is 12.7. The molecular formula is C20H24O10. The SMILES string of the molecule is CC(=O)O[C@@H](C(=O)O)[C@@H](OC(C)=O)C(=O)O[C@@H](C(=O)OC(C)(C)C)c1ccccc1. The maximum absolute atomic E-state index is 12.7. The van der Waals surface area contributed by atoms with E-state index < -0.39 is 53.8 Å². The van der Waals surface area contributed by atoms with E-state index >= 15 is 0 Å². The van der Waals surface area contributed by atoms with Gasteiger partial charge in [-0.2, -0.15) is 0 Å². The quantitative estimate of drug-likeness (QED) is 0.482. The average molecular weight is 424 g/mol. The summed E-state index contributed by atoms with van der Waals surface area (Å²) in [5.41, 5.74) is -0.673. The van der Waals surface area contributed by atoms with Crippen molar-refractivity contribution in [2.24, 2.45) is 0 Å². The van der Waals surface area contributed by atoms with Gasteiger partial charge in [-0.3, -0.25) is 9.59 Å². The minimum absolute atomic E-state index is 0.237. The van der Waals surface area contributed by atoms with Crippen LogP contribution in [0, 0.1) is 0 Å². The third-order valence-corrected chi connectivity index (χ3v) is 3.29. The lowest BCUT2D eigenvalue weighted by molar-refractivity contribution is -0.195. The van der Waals surface area contributed by atoms with Crippen LogP contribution in [0.4, 0.5) is 0 Å². The molecule has 0 heterocycles. The molecule has 164 valence electrons. The van der Waals surface area contributed by atoms with E-state index in [1.165, 1.54) is 12.1 Å². The van der Waals surface area contributed by atoms with E-state index in [0.717, 1.165) is 13.8 Å². The molecule has 0 aliphatic heterocycles. The number of carbonyl (C=O) groups is 5. The zero-order valence-electron chi connectivity index (χ0n) is 17.2. The number of carboxylic acid groups (broad SMARTS) is 1. The van der Waals surface area contributed by atoms with Crippen LogP contribution in [0.15, 0.2) is 30.3 Å². The predicted octanol–water partition coefficient (Wildman–Crippen LogP) is 1.56. The molecule has 0 unspecified atom stereocenters. The van der Waals surface area contributed by atoms with Crippen LogP contribution in [0.5, 0.6) is 0 Å². The number of benzene rings is 1. The highest BCUT2D eigenvalue weighted by Crippen LogP contribution is 2.24. The van der Waals surface area contributed by atoms with Crippen LogP contribution in [0.3, 0.4) is 0 Å². The first kappa shape index (κ1) is 24.6. The lowest BCUT2D eigenvalue weighted by atomic mass is 10.1. The van der Waals surface area contributed by atoms with E-state index in [9.17, 15) is 29.1 Å². The van der Waals surface area contributed by atoms with Gasteiger partial charge in [0.1, 0.15) is 5.60 Å². The van der Waals surface area contributed by atoms with Crippen molar-refractivity contribution in [3.05, 3.63) is 35.9 Å². The van der Waals surface area contributed by atoms with Gasteiger partial charge in [0.2, 0.25) is 18.3 Å². The van der Waals surface area contributed by atoms with Crippen molar-refractivity contribution in [1.29, 1.82) is 0 Å². The van der Waals surface area contributed by atoms with Crippen molar-refractivity contribution in [3.63, 3.8) is 0 Å². The van der Waals surface area contributed by atoms with Gasteiger partial charge < -0.3 is 24.1 Å². The summed E-state index contributed by atoms with van der Waals surface area (Å²) in [5, 5.41) is 9.30. The molecule has 0 aliphatic rings. The molecule has 10 nitrogen and oxygen atoms in total. The van der Waals surface area contributed by atoms with Crippen LogP contribution in [0.25, 0.3) is 0 Å². The van der Waals surface area contributed by atoms with Crippen LogP contribution in [0.1, 0.15) is 46.3 Å². The van der Waals surface area contributed by atoms with Gasteiger partial charge >= 0.3 is 29.8 Å². The van der Waals surface area contributed by atoms with E-state index in [4.69, 9.17) is 14.2 Å². The standard InChI is InChI=1S/C20H24O10/c1-11(21)27-15(17(23)24)16(28-12(2)22)18(25)29-14(13-9-7-6-8-10-13)19(26)30-20(3,4)5/h6-10,14-16H,1-5H3,(H,23,24)/t14-,15-,16-/m1/s1. The van der Waals surface area contributed by atoms with Gasteiger partial charge in [-0.15, -0.1) is 0 Å². The zero-order valence-corrected chi connectivity index (χ0v) is 17.2. The van der Waals surface area contributed by atoms with Gasteiger partial charge in [0, 0.05) is 19.4 Å². The monoisotopic (exact) mass is 424 g/mol. The van der Waals surface area contributed by atoms with Crippen molar-refractivity contribution in [2.45, 2.75) is 58.5 Å². The van der Waals surface area contributed by atoms with Crippen LogP contribution < -0.4 is 0 Å². The lowest BCUT2D eigenvalue weighted by Crippen LogP contribution is -2.47. The molecule has 0 aromatic heterocycles. The molecule has 1 aromatic rings. The summed E-state index contributed by atoms with van der Waals surface area (Å²) < 4.78 is 19.8. The van der Waals surface area contributed by atoms with Crippen molar-refractivity contribution in [2.75, 3.05) is 0 Å². The molecule has 1 N–H and O–H groups in total. The molecule has 3 atom stereocenters. The first-order chi connectivity index (χ1) is 13.8. The molecule has 0 spiro atoms. The summed E-state index contributed by atoms with van der Waals surface area (Å²) in [7, 11) is 0. The predicted molar refractivity (Wildman–Crippen MR) is 99.9 cm³/mol. The van der Waals surface area contributed by atoms with Crippen LogP contribution in [0.2, 0.25) is 0 Å². The van der Waals surface area contributed by atoms with E-state index in [2.05, 4.69) is 4.74 Å². The van der Waals surface area contributed by atoms with Crippen LogP contribution in [-0.4, -0.2) is 52.8 Å². The number of rotatable bonds is 8. The number of carboxylic acids is 1. The number of carbonyl (C=O) groups excluding carboxylic acids is 4. The highest BCUT2D eigenvalue weighted by molar-refractivity contribution is 5.90. The Balaban J connectivity index is 3.26. The highest BCUT2D eigenvalue weighted by atomic mass is 16.6. The number of hydrogen-bond donors (Lipinski definition) is 1. The summed E-state index contributed by atoms with van der Waals surface area (Å²) in [6.45, 7) is 6.67. The van der Waals surface area contributed by atoms with Crippen LogP contribution in [-0.2, 0) is 42.9 Å². The Hall–Kier alpha value is -3.43. The molecule has 0 fully saturated rings. The Morgan fingerprint density at radius 2 is 1.30 bits per heavy atom. The van der Waals surface area contributed by atoms with Gasteiger partial charge in [-0.05, 0) is 20.8 Å². The third kappa shape index (κ3) is 7.90. The Morgan fingerprint density at radius 1 is 0.800 bits per heavy atom. The Bertz CT molecular complexity index is 794. The second-order valence-corrected chi connectivity index (χ2v) is 7.16. The van der Waals surface area contributed by atoms with Gasteiger partial charge in [-0.1, -0.05) is 30.3 Å². The zero-order chi connectivity index (χ0) is 23.1. The Labute approximate surface area is 173 Å². The molecule has 1 aromatic carbocycles. The second-order valence-electron chi connectivity index (χ2n) is 7.16. The fraction of sp³-hybridized carbons (Fsp3) is 0.450. The molecule has 0 amide bonds. The van der Waals surface area contributed by atoms with Crippen molar-refractivity contribution in [1.82, 2.24) is 0 Å². The minimum Gasteiger partial charge on any atom is -0.478 e. The van der Waals surface area contributed by atoms with Gasteiger partial charge in [0.15, 0.2) is 0 Å². The van der Waals surface area contributed by atoms with Crippen molar-refractivity contribution in [3.8, 4) is 0 Å². The smallest absolute Gasteiger partial charge is 0.353 e. The molecule has 0 aliphatic carbocycles. The first-order valence-electron chi connectivity index (χ1n) is 8.87. The van der Waals surface area contributed by atoms with Gasteiger partial charge in [-0.25, -0.2) is 14.4 Å². The van der Waals surface area contributed by atoms with E-state index in [0.29, 0.717) is 0 Å². The molecular weight excluding hydrogens is 400 g/mol.